The Hall–Kier alpha value is -5.18. The molecule has 1 aromatic rings. The lowest BCUT2D eigenvalue weighted by atomic mass is 9.93. The molecule has 0 spiro atoms. The fraction of sp³-hybridized carbons (Fsp3) is 0.725. The van der Waals surface area contributed by atoms with E-state index in [9.17, 15) is 38.4 Å². The quantitative estimate of drug-likeness (QED) is 0.0461. The van der Waals surface area contributed by atoms with Gasteiger partial charge in [-0.2, -0.15) is 0 Å². The monoisotopic (exact) mass is 990 g/mol. The molecule has 20 nitrogen and oxygen atoms in total. The van der Waals surface area contributed by atoms with Gasteiger partial charge in [-0.15, -0.1) is 0 Å². The molecule has 1 aromatic carbocycles. The Morgan fingerprint density at radius 1 is 0.592 bits per heavy atom. The van der Waals surface area contributed by atoms with Gasteiger partial charge < -0.3 is 64.1 Å². The Balaban J connectivity index is 0.860. The van der Waals surface area contributed by atoms with E-state index in [1.807, 2.05) is 0 Å². The van der Waals surface area contributed by atoms with Crippen molar-refractivity contribution in [2.24, 2.45) is 58.8 Å². The fourth-order valence-corrected chi connectivity index (χ4v) is 12.1. The molecular weight excluding hydrogens is 911 g/mol. The number of hydrogen-bond donors (Lipinski definition) is 11. The standard InChI is InChI=1S/C51H79N11O9/c1-71-32-19-17-29(18-20-32)44(63)28-56-39-13-5-10-34(39)47(66)57-23-30(8-2-3-21-52)46(65)59-42-16-7-12-36(42)49(68)62-43-27-55-26-38(43)51(70)61-41-15-6-11-35(41)48(67)58-24-31-22-54-25-37(31)50(69)60-40-14-4-9-33(40)45(53)64/h17-20,30-31,33-43,54-56H,2-16,21-28,52H2,1H3,(H2,53,64)(H,57,66)(H,58,67)(H,59,65)(H,60,69)(H,61,70)(H,62,68). The Morgan fingerprint density at radius 2 is 1.13 bits per heavy atom. The molecule has 13 unspecified atom stereocenters. The number of ether oxygens (including phenoxy) is 1. The maximum Gasteiger partial charge on any atom is 0.226 e. The van der Waals surface area contributed by atoms with E-state index >= 15 is 0 Å². The number of rotatable bonds is 24. The predicted molar refractivity (Wildman–Crippen MR) is 264 cm³/mol. The fourth-order valence-electron chi connectivity index (χ4n) is 12.1. The molecule has 4 saturated carbocycles. The summed E-state index contributed by atoms with van der Waals surface area (Å²) in [5.74, 6) is -4.16. The van der Waals surface area contributed by atoms with Crippen LogP contribution >= 0.6 is 0 Å². The summed E-state index contributed by atoms with van der Waals surface area (Å²) in [5, 5.41) is 28.4. The summed E-state index contributed by atoms with van der Waals surface area (Å²) < 4.78 is 5.19. The summed E-state index contributed by atoms with van der Waals surface area (Å²) in [5.41, 5.74) is 11.9. The molecule has 6 fully saturated rings. The van der Waals surface area contributed by atoms with Crippen LogP contribution in [0.15, 0.2) is 24.3 Å². The highest BCUT2D eigenvalue weighted by Crippen LogP contribution is 2.31. The van der Waals surface area contributed by atoms with Crippen LogP contribution in [-0.2, 0) is 33.6 Å². The van der Waals surface area contributed by atoms with Crippen molar-refractivity contribution in [1.82, 2.24) is 47.9 Å². The topological polar surface area (TPSA) is 306 Å². The molecule has 0 bridgehead atoms. The number of benzene rings is 1. The van der Waals surface area contributed by atoms with Gasteiger partial charge in [-0.05, 0) is 95.0 Å². The van der Waals surface area contributed by atoms with Gasteiger partial charge in [0, 0.05) is 74.9 Å². The maximum absolute atomic E-state index is 14.0. The van der Waals surface area contributed by atoms with Gasteiger partial charge in [0.15, 0.2) is 5.78 Å². The summed E-state index contributed by atoms with van der Waals surface area (Å²) in [6.07, 6.45) is 10.4. The minimum absolute atomic E-state index is 0.0767. The first-order valence-corrected chi connectivity index (χ1v) is 26.4. The number of nitrogens with one attached hydrogen (secondary N) is 9. The second-order valence-corrected chi connectivity index (χ2v) is 20.9. The molecule has 6 aliphatic rings. The van der Waals surface area contributed by atoms with E-state index in [-0.39, 0.29) is 96.1 Å². The highest BCUT2D eigenvalue weighted by Gasteiger charge is 2.43. The van der Waals surface area contributed by atoms with Crippen molar-refractivity contribution in [1.29, 1.82) is 0 Å². The Kier molecular flexibility index (Phi) is 19.6. The van der Waals surface area contributed by atoms with Gasteiger partial charge >= 0.3 is 0 Å². The van der Waals surface area contributed by atoms with E-state index in [2.05, 4.69) is 47.9 Å². The van der Waals surface area contributed by atoms with Crippen LogP contribution in [-0.4, -0.2) is 137 Å². The molecule has 4 aliphatic carbocycles. The second kappa shape index (κ2) is 26.0. The molecule has 0 radical (unpaired) electrons. The molecule has 71 heavy (non-hydrogen) atoms. The van der Waals surface area contributed by atoms with Crippen LogP contribution in [0, 0.1) is 47.3 Å². The van der Waals surface area contributed by atoms with Crippen molar-refractivity contribution in [3.8, 4) is 5.75 Å². The van der Waals surface area contributed by atoms with Crippen LogP contribution in [0.3, 0.4) is 0 Å². The molecule has 20 heteroatoms. The number of primary amides is 1. The second-order valence-electron chi connectivity index (χ2n) is 20.9. The summed E-state index contributed by atoms with van der Waals surface area (Å²) >= 11 is 0. The van der Waals surface area contributed by atoms with E-state index < -0.39 is 41.7 Å². The molecule has 2 aliphatic heterocycles. The number of ketones is 1. The molecule has 2 saturated heterocycles. The Labute approximate surface area is 417 Å². The first-order valence-electron chi connectivity index (χ1n) is 26.4. The largest absolute Gasteiger partial charge is 0.497 e. The summed E-state index contributed by atoms with van der Waals surface area (Å²) in [7, 11) is 1.57. The summed E-state index contributed by atoms with van der Waals surface area (Å²) in [6.45, 7) is 2.82. The number of carbonyl (C=O) groups excluding carboxylic acids is 8. The van der Waals surface area contributed by atoms with Gasteiger partial charge in [-0.3, -0.25) is 38.4 Å². The number of nitrogens with two attached hydrogens (primary N) is 2. The van der Waals surface area contributed by atoms with Crippen LogP contribution in [0.25, 0.3) is 0 Å². The lowest BCUT2D eigenvalue weighted by Crippen LogP contribution is -2.53. The first kappa shape index (κ1) is 53.6. The molecule has 0 aromatic heterocycles. The van der Waals surface area contributed by atoms with Gasteiger partial charge in [0.1, 0.15) is 5.75 Å². The number of unbranched alkanes of at least 4 members (excludes halogenated alkanes) is 1. The van der Waals surface area contributed by atoms with Crippen LogP contribution in [0.5, 0.6) is 5.75 Å². The van der Waals surface area contributed by atoms with Crippen LogP contribution in [0.4, 0.5) is 0 Å². The third-order valence-corrected chi connectivity index (χ3v) is 16.4. The van der Waals surface area contributed by atoms with Crippen molar-refractivity contribution >= 4 is 47.1 Å². The lowest BCUT2D eigenvalue weighted by molar-refractivity contribution is -0.131. The highest BCUT2D eigenvalue weighted by atomic mass is 16.5. The summed E-state index contributed by atoms with van der Waals surface area (Å²) in [6, 6.07) is 5.22. The molecule has 392 valence electrons. The predicted octanol–water partition coefficient (Wildman–Crippen LogP) is -0.506. The van der Waals surface area contributed by atoms with E-state index in [4.69, 9.17) is 16.2 Å². The smallest absolute Gasteiger partial charge is 0.226 e. The van der Waals surface area contributed by atoms with Crippen molar-refractivity contribution in [3.05, 3.63) is 29.8 Å². The average Bonchev–Trinajstić information content (AvgIpc) is 4.23. The minimum Gasteiger partial charge on any atom is -0.497 e. The summed E-state index contributed by atoms with van der Waals surface area (Å²) in [4.78, 5) is 107. The van der Waals surface area contributed by atoms with Gasteiger partial charge in [0.2, 0.25) is 41.4 Å². The normalized spacial score (nSPS) is 30.6. The van der Waals surface area contributed by atoms with Gasteiger partial charge in [0.05, 0.1) is 61.1 Å². The molecule has 13 atom stereocenters. The zero-order valence-electron chi connectivity index (χ0n) is 41.4. The van der Waals surface area contributed by atoms with E-state index in [1.54, 1.807) is 31.4 Å². The first-order chi connectivity index (χ1) is 34.3. The van der Waals surface area contributed by atoms with Crippen LogP contribution in [0.1, 0.15) is 107 Å². The third kappa shape index (κ3) is 14.1. The molecular formula is C51H79N11O9. The lowest BCUT2D eigenvalue weighted by Gasteiger charge is -2.28. The number of methoxy groups -OCH3 is 1. The minimum atomic E-state index is -0.560. The molecule has 7 amide bonds. The van der Waals surface area contributed by atoms with E-state index in [1.165, 1.54) is 0 Å². The Bertz CT molecular complexity index is 2040. The number of hydrogen-bond acceptors (Lipinski definition) is 13. The SMILES string of the molecule is COc1ccc(C(=O)CNC2CCCC2C(=O)NCC(CCCCN)C(=O)NC2CCCC2C(=O)NC2CNCC2C(=O)NC2CCCC2C(=O)NCC2CNCC2C(=O)NC2CCCC2C(N)=O)cc1. The highest BCUT2D eigenvalue weighted by molar-refractivity contribution is 5.97. The maximum atomic E-state index is 14.0. The zero-order chi connectivity index (χ0) is 50.4. The third-order valence-electron chi connectivity index (χ3n) is 16.4. The van der Waals surface area contributed by atoms with Crippen molar-refractivity contribution in [2.45, 2.75) is 127 Å². The van der Waals surface area contributed by atoms with Crippen molar-refractivity contribution in [2.75, 3.05) is 59.5 Å². The van der Waals surface area contributed by atoms with E-state index in [0.717, 1.165) is 38.5 Å². The van der Waals surface area contributed by atoms with Gasteiger partial charge in [0.25, 0.3) is 0 Å². The average molecular weight is 990 g/mol. The van der Waals surface area contributed by atoms with Crippen LogP contribution < -0.4 is 64.1 Å². The van der Waals surface area contributed by atoms with Crippen molar-refractivity contribution < 1.29 is 43.1 Å². The number of Topliss-reactive ketones (excluding diaryl/α,β-unsaturated/α-hetero) is 1. The molecule has 7 rings (SSSR count). The zero-order valence-corrected chi connectivity index (χ0v) is 41.4. The number of amides is 7. The van der Waals surface area contributed by atoms with Crippen LogP contribution in [0.2, 0.25) is 0 Å². The number of carbonyl (C=O) groups is 8. The van der Waals surface area contributed by atoms with Gasteiger partial charge in [-0.25, -0.2) is 0 Å². The molecule has 13 N–H and O–H groups in total. The Morgan fingerprint density at radius 3 is 1.79 bits per heavy atom. The van der Waals surface area contributed by atoms with Crippen molar-refractivity contribution in [3.63, 3.8) is 0 Å². The van der Waals surface area contributed by atoms with Gasteiger partial charge in [-0.1, -0.05) is 32.1 Å². The molecule has 2 heterocycles. The van der Waals surface area contributed by atoms with E-state index in [0.29, 0.717) is 108 Å².